The standard InChI is InChI=1S/C15H25NO2.CH4/c1-4-16(5-2)11-6-12-18-15-9-7-14(8-10-15)13(3)17;/h7-10,13,17H,4-6,11-12H2,1-3H3;1H4. The Morgan fingerprint density at radius 3 is 2.21 bits per heavy atom. The first kappa shape index (κ1) is 17.9. The lowest BCUT2D eigenvalue weighted by Crippen LogP contribution is -2.25. The van der Waals surface area contributed by atoms with Crippen LogP contribution in [0.5, 0.6) is 5.75 Å². The fourth-order valence-electron chi connectivity index (χ4n) is 1.86. The van der Waals surface area contributed by atoms with Gasteiger partial charge in [-0.1, -0.05) is 33.4 Å². The van der Waals surface area contributed by atoms with E-state index in [9.17, 15) is 5.11 Å². The number of hydrogen-bond acceptors (Lipinski definition) is 3. The molecule has 0 aliphatic carbocycles. The number of aliphatic hydroxyl groups is 1. The van der Waals surface area contributed by atoms with Crippen LogP contribution in [0.25, 0.3) is 0 Å². The molecule has 0 saturated heterocycles. The average molecular weight is 267 g/mol. The minimum Gasteiger partial charge on any atom is -0.494 e. The molecule has 110 valence electrons. The highest BCUT2D eigenvalue weighted by Crippen LogP contribution is 2.17. The van der Waals surface area contributed by atoms with Crippen LogP contribution in [0.4, 0.5) is 0 Å². The second-order valence-electron chi connectivity index (χ2n) is 4.47. The fraction of sp³-hybridized carbons (Fsp3) is 0.625. The molecule has 0 radical (unpaired) electrons. The van der Waals surface area contributed by atoms with Gasteiger partial charge in [0.15, 0.2) is 0 Å². The third kappa shape index (κ3) is 6.60. The summed E-state index contributed by atoms with van der Waals surface area (Å²) in [5, 5.41) is 9.40. The summed E-state index contributed by atoms with van der Waals surface area (Å²) in [7, 11) is 0. The Balaban J connectivity index is 0.00000324. The van der Waals surface area contributed by atoms with E-state index in [1.54, 1.807) is 6.92 Å². The van der Waals surface area contributed by atoms with E-state index in [1.807, 2.05) is 24.3 Å². The van der Waals surface area contributed by atoms with Gasteiger partial charge < -0.3 is 14.7 Å². The highest BCUT2D eigenvalue weighted by molar-refractivity contribution is 5.28. The van der Waals surface area contributed by atoms with Crippen LogP contribution in [0.15, 0.2) is 24.3 Å². The summed E-state index contributed by atoms with van der Waals surface area (Å²) in [5.41, 5.74) is 0.922. The number of aliphatic hydroxyl groups excluding tert-OH is 1. The zero-order chi connectivity index (χ0) is 13.4. The molecule has 3 heteroatoms. The Hall–Kier alpha value is -1.06. The van der Waals surface area contributed by atoms with E-state index in [-0.39, 0.29) is 7.43 Å². The van der Waals surface area contributed by atoms with Gasteiger partial charge in [0.2, 0.25) is 0 Å². The van der Waals surface area contributed by atoms with Crippen LogP contribution in [0, 0.1) is 0 Å². The van der Waals surface area contributed by atoms with Crippen LogP contribution in [0.3, 0.4) is 0 Å². The van der Waals surface area contributed by atoms with Crippen LogP contribution in [0.2, 0.25) is 0 Å². The molecule has 1 rings (SSSR count). The molecule has 0 saturated carbocycles. The first-order chi connectivity index (χ1) is 8.67. The SMILES string of the molecule is C.CCN(CC)CCCOc1ccc(C(C)O)cc1. The molecular formula is C16H29NO2. The van der Waals surface area contributed by atoms with Gasteiger partial charge in [-0.05, 0) is 44.1 Å². The molecule has 1 unspecified atom stereocenters. The molecule has 1 aromatic carbocycles. The van der Waals surface area contributed by atoms with Crippen LogP contribution in [-0.2, 0) is 0 Å². The van der Waals surface area contributed by atoms with Crippen molar-refractivity contribution < 1.29 is 9.84 Å². The van der Waals surface area contributed by atoms with Crippen LogP contribution < -0.4 is 4.74 Å². The van der Waals surface area contributed by atoms with Crippen molar-refractivity contribution in [2.45, 2.75) is 40.7 Å². The van der Waals surface area contributed by atoms with E-state index in [1.165, 1.54) is 0 Å². The third-order valence-electron chi connectivity index (χ3n) is 3.14. The minimum absolute atomic E-state index is 0. The molecule has 0 aliphatic rings. The molecule has 0 fully saturated rings. The Kier molecular flexibility index (Phi) is 9.27. The van der Waals surface area contributed by atoms with Gasteiger partial charge >= 0.3 is 0 Å². The largest absolute Gasteiger partial charge is 0.494 e. The maximum Gasteiger partial charge on any atom is 0.119 e. The van der Waals surface area contributed by atoms with Gasteiger partial charge in [-0.15, -0.1) is 0 Å². The van der Waals surface area contributed by atoms with Crippen molar-refractivity contribution in [1.82, 2.24) is 4.90 Å². The lowest BCUT2D eigenvalue weighted by atomic mass is 10.1. The van der Waals surface area contributed by atoms with E-state index in [4.69, 9.17) is 4.74 Å². The predicted octanol–water partition coefficient (Wildman–Crippen LogP) is 3.49. The Morgan fingerprint density at radius 2 is 1.74 bits per heavy atom. The Bertz CT molecular complexity index is 318. The normalized spacial score (nSPS) is 12.1. The first-order valence-electron chi connectivity index (χ1n) is 6.80. The molecule has 1 N–H and O–H groups in total. The molecule has 19 heavy (non-hydrogen) atoms. The maximum atomic E-state index is 9.40. The van der Waals surface area contributed by atoms with Crippen molar-refractivity contribution in [1.29, 1.82) is 0 Å². The van der Waals surface area contributed by atoms with Crippen molar-refractivity contribution >= 4 is 0 Å². The number of nitrogens with zero attached hydrogens (tertiary/aromatic N) is 1. The van der Waals surface area contributed by atoms with Gasteiger partial charge in [-0.3, -0.25) is 0 Å². The van der Waals surface area contributed by atoms with Gasteiger partial charge in [0.05, 0.1) is 12.7 Å². The minimum atomic E-state index is -0.415. The summed E-state index contributed by atoms with van der Waals surface area (Å²) < 4.78 is 5.67. The van der Waals surface area contributed by atoms with Crippen LogP contribution in [0.1, 0.15) is 46.3 Å². The lowest BCUT2D eigenvalue weighted by Gasteiger charge is -2.17. The number of rotatable bonds is 8. The molecular weight excluding hydrogens is 238 g/mol. The second-order valence-corrected chi connectivity index (χ2v) is 4.47. The van der Waals surface area contributed by atoms with E-state index in [2.05, 4.69) is 18.7 Å². The van der Waals surface area contributed by atoms with E-state index >= 15 is 0 Å². The number of ether oxygens (including phenoxy) is 1. The summed E-state index contributed by atoms with van der Waals surface area (Å²) in [6.45, 7) is 10.1. The molecule has 1 aromatic rings. The quantitative estimate of drug-likeness (QED) is 0.732. The Morgan fingerprint density at radius 1 is 1.16 bits per heavy atom. The molecule has 0 bridgehead atoms. The van der Waals surface area contributed by atoms with E-state index in [0.29, 0.717) is 0 Å². The number of benzene rings is 1. The molecule has 0 aromatic heterocycles. The highest BCUT2D eigenvalue weighted by atomic mass is 16.5. The van der Waals surface area contributed by atoms with Gasteiger partial charge in [0, 0.05) is 6.54 Å². The van der Waals surface area contributed by atoms with Crippen LogP contribution in [-0.4, -0.2) is 36.2 Å². The first-order valence-corrected chi connectivity index (χ1v) is 6.80. The molecule has 0 aliphatic heterocycles. The van der Waals surface area contributed by atoms with E-state index < -0.39 is 6.10 Å². The topological polar surface area (TPSA) is 32.7 Å². The monoisotopic (exact) mass is 267 g/mol. The van der Waals surface area contributed by atoms with Gasteiger partial charge in [-0.2, -0.15) is 0 Å². The van der Waals surface area contributed by atoms with Gasteiger partial charge in [-0.25, -0.2) is 0 Å². The van der Waals surface area contributed by atoms with Gasteiger partial charge in [0.25, 0.3) is 0 Å². The van der Waals surface area contributed by atoms with Crippen molar-refractivity contribution in [2.24, 2.45) is 0 Å². The van der Waals surface area contributed by atoms with Gasteiger partial charge in [0.1, 0.15) is 5.75 Å². The molecule has 1 atom stereocenters. The van der Waals surface area contributed by atoms with Crippen molar-refractivity contribution in [3.63, 3.8) is 0 Å². The highest BCUT2D eigenvalue weighted by Gasteiger charge is 2.01. The Labute approximate surface area is 118 Å². The van der Waals surface area contributed by atoms with Crippen molar-refractivity contribution in [3.05, 3.63) is 29.8 Å². The average Bonchev–Trinajstić information content (AvgIpc) is 2.39. The molecule has 0 spiro atoms. The lowest BCUT2D eigenvalue weighted by molar-refractivity contribution is 0.199. The summed E-state index contributed by atoms with van der Waals surface area (Å²) in [6.07, 6.45) is 0.626. The predicted molar refractivity (Wildman–Crippen MR) is 81.7 cm³/mol. The maximum absolute atomic E-state index is 9.40. The molecule has 3 nitrogen and oxygen atoms in total. The summed E-state index contributed by atoms with van der Waals surface area (Å²) >= 11 is 0. The third-order valence-corrected chi connectivity index (χ3v) is 3.14. The molecule has 0 amide bonds. The summed E-state index contributed by atoms with van der Waals surface area (Å²) in [4.78, 5) is 2.39. The second kappa shape index (κ2) is 9.82. The van der Waals surface area contributed by atoms with E-state index in [0.717, 1.165) is 44.0 Å². The summed E-state index contributed by atoms with van der Waals surface area (Å²) in [6, 6.07) is 7.65. The number of hydrogen-bond donors (Lipinski definition) is 1. The van der Waals surface area contributed by atoms with Crippen molar-refractivity contribution in [3.8, 4) is 5.75 Å². The molecule has 0 heterocycles. The fourth-order valence-corrected chi connectivity index (χ4v) is 1.86. The summed E-state index contributed by atoms with van der Waals surface area (Å²) in [5.74, 6) is 0.874. The zero-order valence-electron chi connectivity index (χ0n) is 11.7. The zero-order valence-corrected chi connectivity index (χ0v) is 11.7. The smallest absolute Gasteiger partial charge is 0.119 e. The van der Waals surface area contributed by atoms with Crippen molar-refractivity contribution in [2.75, 3.05) is 26.2 Å². The van der Waals surface area contributed by atoms with Crippen LogP contribution >= 0.6 is 0 Å².